The van der Waals surface area contributed by atoms with Crippen molar-refractivity contribution in [1.29, 1.82) is 0 Å². The molecule has 1 N–H and O–H groups in total. The van der Waals surface area contributed by atoms with E-state index < -0.39 is 0 Å². The Kier molecular flexibility index (Phi) is 5.61. The Hall–Kier alpha value is -1.59. The van der Waals surface area contributed by atoms with Crippen molar-refractivity contribution in [2.75, 3.05) is 26.7 Å². The number of ether oxygens (including phenoxy) is 1. The van der Waals surface area contributed by atoms with Crippen LogP contribution in [0.1, 0.15) is 26.2 Å². The number of carbonyl (C=O) groups is 3. The fraction of sp³-hybridized carbons (Fsp3) is 0.750. The maximum atomic E-state index is 11.9. The Labute approximate surface area is 107 Å². The minimum atomic E-state index is -0.330. The van der Waals surface area contributed by atoms with Gasteiger partial charge >= 0.3 is 5.97 Å². The fourth-order valence-electron chi connectivity index (χ4n) is 1.62. The Balaban J connectivity index is 2.38. The lowest BCUT2D eigenvalue weighted by atomic mass is 10.3. The smallest absolute Gasteiger partial charge is 0.307 e. The Morgan fingerprint density at radius 1 is 1.28 bits per heavy atom. The molecular formula is C12H20N2O4. The second-order valence-corrected chi connectivity index (χ2v) is 4.41. The van der Waals surface area contributed by atoms with Crippen molar-refractivity contribution in [2.24, 2.45) is 5.92 Å². The highest BCUT2D eigenvalue weighted by molar-refractivity contribution is 5.81. The number of rotatable bonds is 7. The maximum Gasteiger partial charge on any atom is 0.307 e. The van der Waals surface area contributed by atoms with Crippen LogP contribution in [0.25, 0.3) is 0 Å². The van der Waals surface area contributed by atoms with Crippen LogP contribution in [0.5, 0.6) is 0 Å². The molecule has 1 saturated carbocycles. The van der Waals surface area contributed by atoms with Gasteiger partial charge in [0.15, 0.2) is 0 Å². The Morgan fingerprint density at radius 3 is 2.44 bits per heavy atom. The molecule has 6 heteroatoms. The van der Waals surface area contributed by atoms with Gasteiger partial charge in [-0.25, -0.2) is 0 Å². The van der Waals surface area contributed by atoms with Crippen molar-refractivity contribution in [3.8, 4) is 0 Å². The summed E-state index contributed by atoms with van der Waals surface area (Å²) >= 11 is 0. The van der Waals surface area contributed by atoms with Gasteiger partial charge in [0.1, 0.15) is 0 Å². The average molecular weight is 256 g/mol. The monoisotopic (exact) mass is 256 g/mol. The molecule has 0 aromatic heterocycles. The van der Waals surface area contributed by atoms with Crippen molar-refractivity contribution in [3.05, 3.63) is 0 Å². The number of amides is 2. The van der Waals surface area contributed by atoms with Crippen LogP contribution < -0.4 is 5.32 Å². The van der Waals surface area contributed by atoms with E-state index in [-0.39, 0.29) is 30.1 Å². The number of nitrogens with one attached hydrogen (secondary N) is 1. The fourth-order valence-corrected chi connectivity index (χ4v) is 1.62. The summed E-state index contributed by atoms with van der Waals surface area (Å²) in [6.07, 6.45) is 2.04. The Morgan fingerprint density at radius 2 is 1.94 bits per heavy atom. The highest BCUT2D eigenvalue weighted by Crippen LogP contribution is 2.30. The number of hydrogen-bond acceptors (Lipinski definition) is 4. The van der Waals surface area contributed by atoms with Crippen molar-refractivity contribution >= 4 is 17.8 Å². The molecule has 2 amide bonds. The zero-order chi connectivity index (χ0) is 13.5. The molecule has 0 aliphatic heterocycles. The van der Waals surface area contributed by atoms with E-state index in [0.29, 0.717) is 19.6 Å². The molecule has 102 valence electrons. The predicted octanol–water partition coefficient (Wildman–Crippen LogP) is -0.0758. The summed E-state index contributed by atoms with van der Waals surface area (Å²) in [6.45, 7) is 2.63. The molecule has 6 nitrogen and oxygen atoms in total. The van der Waals surface area contributed by atoms with E-state index in [4.69, 9.17) is 0 Å². The van der Waals surface area contributed by atoms with Gasteiger partial charge in [0.2, 0.25) is 11.8 Å². The highest BCUT2D eigenvalue weighted by Gasteiger charge is 2.33. The molecule has 0 bridgehead atoms. The first-order valence-corrected chi connectivity index (χ1v) is 6.14. The third-order valence-electron chi connectivity index (χ3n) is 2.81. The normalized spacial score (nSPS) is 13.9. The summed E-state index contributed by atoms with van der Waals surface area (Å²) in [5, 5.41) is 2.64. The predicted molar refractivity (Wildman–Crippen MR) is 64.6 cm³/mol. The average Bonchev–Trinajstić information content (AvgIpc) is 3.15. The van der Waals surface area contributed by atoms with Crippen LogP contribution in [0.3, 0.4) is 0 Å². The second-order valence-electron chi connectivity index (χ2n) is 4.41. The van der Waals surface area contributed by atoms with Crippen LogP contribution >= 0.6 is 0 Å². The number of esters is 1. The quantitative estimate of drug-likeness (QED) is 0.647. The van der Waals surface area contributed by atoms with Gasteiger partial charge in [-0.3, -0.25) is 14.4 Å². The van der Waals surface area contributed by atoms with Crippen molar-refractivity contribution in [2.45, 2.75) is 26.2 Å². The van der Waals surface area contributed by atoms with Crippen molar-refractivity contribution < 1.29 is 19.1 Å². The molecule has 0 aromatic rings. The van der Waals surface area contributed by atoms with E-state index in [9.17, 15) is 14.4 Å². The molecule has 0 heterocycles. The standard InChI is InChI=1S/C12H20N2O4/c1-9(15)13-6-8-14(7-5-11(16)18-2)12(17)10-3-4-10/h10H,3-8H2,1-2H3,(H,13,15). The first-order valence-electron chi connectivity index (χ1n) is 6.14. The first-order chi connectivity index (χ1) is 8.54. The zero-order valence-corrected chi connectivity index (χ0v) is 10.9. The van der Waals surface area contributed by atoms with Crippen LogP contribution in [-0.4, -0.2) is 49.4 Å². The minimum Gasteiger partial charge on any atom is -0.469 e. The van der Waals surface area contributed by atoms with Gasteiger partial charge in [0.05, 0.1) is 13.5 Å². The molecule has 0 unspecified atom stereocenters. The van der Waals surface area contributed by atoms with Gasteiger partial charge in [-0.15, -0.1) is 0 Å². The lowest BCUT2D eigenvalue weighted by Gasteiger charge is -2.22. The third-order valence-corrected chi connectivity index (χ3v) is 2.81. The molecule has 1 fully saturated rings. The number of methoxy groups -OCH3 is 1. The zero-order valence-electron chi connectivity index (χ0n) is 10.9. The molecule has 1 rings (SSSR count). The van der Waals surface area contributed by atoms with Crippen LogP contribution in [0.15, 0.2) is 0 Å². The maximum absolute atomic E-state index is 11.9. The topological polar surface area (TPSA) is 75.7 Å². The Bertz CT molecular complexity index is 326. The highest BCUT2D eigenvalue weighted by atomic mass is 16.5. The van der Waals surface area contributed by atoms with E-state index >= 15 is 0 Å². The molecule has 0 atom stereocenters. The molecule has 1 aliphatic rings. The van der Waals surface area contributed by atoms with E-state index in [1.807, 2.05) is 0 Å². The molecule has 0 aromatic carbocycles. The SMILES string of the molecule is COC(=O)CCN(CCNC(C)=O)C(=O)C1CC1. The van der Waals surface area contributed by atoms with E-state index in [0.717, 1.165) is 12.8 Å². The van der Waals surface area contributed by atoms with Gasteiger partial charge in [-0.05, 0) is 12.8 Å². The van der Waals surface area contributed by atoms with Gasteiger partial charge in [-0.1, -0.05) is 0 Å². The lowest BCUT2D eigenvalue weighted by molar-refractivity contribution is -0.142. The van der Waals surface area contributed by atoms with Crippen molar-refractivity contribution in [3.63, 3.8) is 0 Å². The van der Waals surface area contributed by atoms with Gasteiger partial charge in [0, 0.05) is 32.5 Å². The summed E-state index contributed by atoms with van der Waals surface area (Å²) in [7, 11) is 1.33. The van der Waals surface area contributed by atoms with Gasteiger partial charge in [-0.2, -0.15) is 0 Å². The second kappa shape index (κ2) is 6.98. The van der Waals surface area contributed by atoms with Gasteiger partial charge < -0.3 is 15.0 Å². The van der Waals surface area contributed by atoms with Gasteiger partial charge in [0.25, 0.3) is 0 Å². The summed E-state index contributed by atoms with van der Waals surface area (Å²) in [4.78, 5) is 35.4. The summed E-state index contributed by atoms with van der Waals surface area (Å²) < 4.78 is 4.55. The van der Waals surface area contributed by atoms with Crippen LogP contribution in [0.2, 0.25) is 0 Å². The molecule has 1 aliphatic carbocycles. The van der Waals surface area contributed by atoms with Crippen LogP contribution in [0.4, 0.5) is 0 Å². The molecule has 18 heavy (non-hydrogen) atoms. The largest absolute Gasteiger partial charge is 0.469 e. The lowest BCUT2D eigenvalue weighted by Crippen LogP contribution is -2.40. The first kappa shape index (κ1) is 14.5. The molecular weight excluding hydrogens is 236 g/mol. The summed E-state index contributed by atoms with van der Waals surface area (Å²) in [5.41, 5.74) is 0. The van der Waals surface area contributed by atoms with Crippen molar-refractivity contribution in [1.82, 2.24) is 10.2 Å². The molecule has 0 radical (unpaired) electrons. The van der Waals surface area contributed by atoms with E-state index in [1.54, 1.807) is 4.90 Å². The number of hydrogen-bond donors (Lipinski definition) is 1. The van der Waals surface area contributed by atoms with Crippen LogP contribution in [0, 0.1) is 5.92 Å². The molecule has 0 saturated heterocycles. The number of carbonyl (C=O) groups excluding carboxylic acids is 3. The molecule has 0 spiro atoms. The summed E-state index contributed by atoms with van der Waals surface area (Å²) in [5.74, 6) is -0.269. The summed E-state index contributed by atoms with van der Waals surface area (Å²) in [6, 6.07) is 0. The van der Waals surface area contributed by atoms with E-state index in [2.05, 4.69) is 10.1 Å². The van der Waals surface area contributed by atoms with E-state index in [1.165, 1.54) is 14.0 Å². The van der Waals surface area contributed by atoms with Crippen LogP contribution in [-0.2, 0) is 19.1 Å². The number of nitrogens with zero attached hydrogens (tertiary/aromatic N) is 1. The minimum absolute atomic E-state index is 0.0734. The third kappa shape index (κ3) is 5.16.